The summed E-state index contributed by atoms with van der Waals surface area (Å²) in [6.07, 6.45) is 1.80. The summed E-state index contributed by atoms with van der Waals surface area (Å²) in [4.78, 5) is 40.7. The van der Waals surface area contributed by atoms with E-state index in [0.29, 0.717) is 51.3 Å². The number of amides is 3. The van der Waals surface area contributed by atoms with Crippen LogP contribution in [-0.2, 0) is 9.53 Å². The maximum atomic E-state index is 12.3. The summed E-state index contributed by atoms with van der Waals surface area (Å²) in [7, 11) is 1.68. The molecule has 2 aliphatic rings. The van der Waals surface area contributed by atoms with E-state index in [1.54, 1.807) is 29.0 Å². The molecule has 8 nitrogen and oxygen atoms in total. The first kappa shape index (κ1) is 16.4. The van der Waals surface area contributed by atoms with Crippen molar-refractivity contribution >= 4 is 17.9 Å². The molecule has 3 rings (SSSR count). The van der Waals surface area contributed by atoms with Crippen molar-refractivity contribution in [2.75, 3.05) is 39.8 Å². The van der Waals surface area contributed by atoms with Gasteiger partial charge in [-0.25, -0.2) is 4.79 Å². The van der Waals surface area contributed by atoms with Gasteiger partial charge >= 0.3 is 6.09 Å². The van der Waals surface area contributed by atoms with Crippen LogP contribution < -0.4 is 0 Å². The average molecular weight is 335 g/mol. The predicted molar refractivity (Wildman–Crippen MR) is 83.3 cm³/mol. The Morgan fingerprint density at radius 1 is 1.21 bits per heavy atom. The van der Waals surface area contributed by atoms with Gasteiger partial charge in [-0.05, 0) is 18.6 Å². The smallest absolute Gasteiger partial charge is 0.409 e. The van der Waals surface area contributed by atoms with Gasteiger partial charge in [0.2, 0.25) is 5.91 Å². The molecular weight excluding hydrogens is 314 g/mol. The van der Waals surface area contributed by atoms with Gasteiger partial charge in [-0.2, -0.15) is 0 Å². The van der Waals surface area contributed by atoms with E-state index in [0.717, 1.165) is 0 Å². The highest BCUT2D eigenvalue weighted by Gasteiger charge is 2.30. The topological polar surface area (TPSA) is 83.3 Å². The van der Waals surface area contributed by atoms with E-state index in [-0.39, 0.29) is 24.0 Å². The van der Waals surface area contributed by atoms with Crippen molar-refractivity contribution in [1.29, 1.82) is 0 Å². The van der Waals surface area contributed by atoms with Crippen LogP contribution in [0.5, 0.6) is 0 Å². The quantitative estimate of drug-likeness (QED) is 0.812. The third kappa shape index (κ3) is 3.52. The van der Waals surface area contributed by atoms with Crippen molar-refractivity contribution < 1.29 is 23.5 Å². The van der Waals surface area contributed by atoms with E-state index in [4.69, 9.17) is 9.15 Å². The number of likely N-dealkylation sites (N-methyl/N-ethyl adjacent to an activating group) is 1. The van der Waals surface area contributed by atoms with Crippen LogP contribution in [0.2, 0.25) is 0 Å². The number of hydrogen-bond acceptors (Lipinski definition) is 5. The number of hydrogen-bond donors (Lipinski definition) is 0. The molecule has 0 N–H and O–H groups in total. The van der Waals surface area contributed by atoms with Crippen LogP contribution in [-0.4, -0.2) is 78.5 Å². The standard InChI is InChI=1S/C16H21N3O5/c1-17-11-12(24-16(17)22)4-5-14(20)18-6-8-19(9-7-18)15(21)13-3-2-10-23-13/h2-3,10,12H,4-9,11H2,1H3. The van der Waals surface area contributed by atoms with E-state index < -0.39 is 0 Å². The second-order valence-electron chi connectivity index (χ2n) is 6.08. The van der Waals surface area contributed by atoms with Crippen molar-refractivity contribution in [3.05, 3.63) is 24.2 Å². The molecule has 0 radical (unpaired) electrons. The molecule has 2 aliphatic heterocycles. The van der Waals surface area contributed by atoms with Gasteiger partial charge < -0.3 is 23.9 Å². The lowest BCUT2D eigenvalue weighted by Crippen LogP contribution is -2.50. The highest BCUT2D eigenvalue weighted by Crippen LogP contribution is 2.15. The Kier molecular flexibility index (Phi) is 4.73. The van der Waals surface area contributed by atoms with Crippen LogP contribution in [0.4, 0.5) is 4.79 Å². The first-order valence-electron chi connectivity index (χ1n) is 8.07. The van der Waals surface area contributed by atoms with Gasteiger partial charge in [-0.15, -0.1) is 0 Å². The first-order chi connectivity index (χ1) is 11.5. The van der Waals surface area contributed by atoms with E-state index in [9.17, 15) is 14.4 Å². The number of piperazine rings is 1. The largest absolute Gasteiger partial charge is 0.459 e. The Morgan fingerprint density at radius 2 is 1.92 bits per heavy atom. The minimum atomic E-state index is -0.336. The Bertz CT molecular complexity index is 607. The lowest BCUT2D eigenvalue weighted by atomic mass is 10.1. The molecule has 0 aliphatic carbocycles. The van der Waals surface area contributed by atoms with Crippen molar-refractivity contribution in [2.24, 2.45) is 0 Å². The molecule has 3 heterocycles. The van der Waals surface area contributed by atoms with E-state index >= 15 is 0 Å². The van der Waals surface area contributed by atoms with E-state index in [1.165, 1.54) is 11.2 Å². The summed E-state index contributed by atoms with van der Waals surface area (Å²) in [6.45, 7) is 2.53. The third-order valence-corrected chi connectivity index (χ3v) is 4.39. The normalized spacial score (nSPS) is 21.1. The molecule has 2 saturated heterocycles. The minimum absolute atomic E-state index is 0.0331. The fraction of sp³-hybridized carbons (Fsp3) is 0.562. The van der Waals surface area contributed by atoms with Crippen LogP contribution in [0, 0.1) is 0 Å². The number of rotatable bonds is 4. The molecule has 8 heteroatoms. The Morgan fingerprint density at radius 3 is 2.50 bits per heavy atom. The van der Waals surface area contributed by atoms with Crippen LogP contribution in [0.25, 0.3) is 0 Å². The Hall–Kier alpha value is -2.51. The van der Waals surface area contributed by atoms with E-state index in [2.05, 4.69) is 0 Å². The SMILES string of the molecule is CN1CC(CCC(=O)N2CCN(C(=O)c3ccco3)CC2)OC1=O. The van der Waals surface area contributed by atoms with Crippen LogP contribution in [0.3, 0.4) is 0 Å². The zero-order valence-electron chi connectivity index (χ0n) is 13.6. The van der Waals surface area contributed by atoms with Gasteiger partial charge in [0, 0.05) is 39.6 Å². The third-order valence-electron chi connectivity index (χ3n) is 4.39. The van der Waals surface area contributed by atoms with E-state index in [1.807, 2.05) is 0 Å². The number of carbonyl (C=O) groups excluding carboxylic acids is 3. The summed E-state index contributed by atoms with van der Waals surface area (Å²) >= 11 is 0. The monoisotopic (exact) mass is 335 g/mol. The van der Waals surface area contributed by atoms with Crippen LogP contribution in [0.1, 0.15) is 23.4 Å². The molecule has 1 unspecified atom stereocenters. The molecule has 130 valence electrons. The van der Waals surface area contributed by atoms with Gasteiger partial charge in [0.1, 0.15) is 6.10 Å². The molecule has 2 fully saturated rings. The Labute approximate surface area is 139 Å². The summed E-state index contributed by atoms with van der Waals surface area (Å²) < 4.78 is 10.3. The lowest BCUT2D eigenvalue weighted by molar-refractivity contribution is -0.133. The molecule has 3 amide bonds. The first-order valence-corrected chi connectivity index (χ1v) is 8.07. The molecule has 1 aromatic rings. The lowest BCUT2D eigenvalue weighted by Gasteiger charge is -2.34. The average Bonchev–Trinajstić information content (AvgIpc) is 3.23. The highest BCUT2D eigenvalue weighted by molar-refractivity contribution is 5.91. The number of ether oxygens (including phenoxy) is 1. The van der Waals surface area contributed by atoms with Crippen molar-refractivity contribution in [3.63, 3.8) is 0 Å². The van der Waals surface area contributed by atoms with Gasteiger partial charge in [0.25, 0.3) is 5.91 Å². The zero-order valence-corrected chi connectivity index (χ0v) is 13.6. The number of carbonyl (C=O) groups is 3. The number of nitrogens with zero attached hydrogens (tertiary/aromatic N) is 3. The molecule has 1 aromatic heterocycles. The van der Waals surface area contributed by atoms with Gasteiger partial charge in [-0.3, -0.25) is 9.59 Å². The number of furan rings is 1. The molecule has 24 heavy (non-hydrogen) atoms. The minimum Gasteiger partial charge on any atom is -0.459 e. The second kappa shape index (κ2) is 6.94. The zero-order chi connectivity index (χ0) is 17.1. The van der Waals surface area contributed by atoms with Gasteiger partial charge in [0.15, 0.2) is 5.76 Å². The second-order valence-corrected chi connectivity index (χ2v) is 6.08. The molecule has 0 spiro atoms. The van der Waals surface area contributed by atoms with Gasteiger partial charge in [-0.1, -0.05) is 0 Å². The maximum Gasteiger partial charge on any atom is 0.409 e. The van der Waals surface area contributed by atoms with Crippen LogP contribution in [0.15, 0.2) is 22.8 Å². The highest BCUT2D eigenvalue weighted by atomic mass is 16.6. The summed E-state index contributed by atoms with van der Waals surface area (Å²) in [5.41, 5.74) is 0. The maximum absolute atomic E-state index is 12.3. The summed E-state index contributed by atoms with van der Waals surface area (Å²) in [5, 5.41) is 0. The summed E-state index contributed by atoms with van der Waals surface area (Å²) in [6, 6.07) is 3.32. The Balaban J connectivity index is 1.42. The molecule has 1 atom stereocenters. The molecule has 0 bridgehead atoms. The molecule has 0 aromatic carbocycles. The predicted octanol–water partition coefficient (Wildman–Crippen LogP) is 0.795. The van der Waals surface area contributed by atoms with Crippen molar-refractivity contribution in [2.45, 2.75) is 18.9 Å². The fourth-order valence-electron chi connectivity index (χ4n) is 2.96. The fourth-order valence-corrected chi connectivity index (χ4v) is 2.96. The van der Waals surface area contributed by atoms with Crippen molar-refractivity contribution in [1.82, 2.24) is 14.7 Å². The summed E-state index contributed by atoms with van der Waals surface area (Å²) in [5.74, 6) is 0.209. The van der Waals surface area contributed by atoms with Crippen LogP contribution >= 0.6 is 0 Å². The number of cyclic esters (lactones) is 1. The molecule has 0 saturated carbocycles. The van der Waals surface area contributed by atoms with Gasteiger partial charge in [0.05, 0.1) is 12.8 Å². The van der Waals surface area contributed by atoms with Crippen molar-refractivity contribution in [3.8, 4) is 0 Å². The molecular formula is C16H21N3O5.